The third-order valence-electron chi connectivity index (χ3n) is 2.53. The van der Waals surface area contributed by atoms with Gasteiger partial charge in [-0.25, -0.2) is 0 Å². The van der Waals surface area contributed by atoms with Crippen LogP contribution >= 0.6 is 0 Å². The number of ether oxygens (including phenoxy) is 2. The average Bonchev–Trinajstić information content (AvgIpc) is 2.16. The summed E-state index contributed by atoms with van der Waals surface area (Å²) in [5, 5.41) is 8.88. The summed E-state index contributed by atoms with van der Waals surface area (Å²) in [6.45, 7) is 0. The molecule has 3 heteroatoms. The van der Waals surface area contributed by atoms with E-state index in [4.69, 9.17) is 14.7 Å². The molecular formula is C9H15NO2. The van der Waals surface area contributed by atoms with Crippen molar-refractivity contribution >= 4 is 0 Å². The summed E-state index contributed by atoms with van der Waals surface area (Å²) in [5.41, 5.74) is 0. The molecule has 0 aromatic heterocycles. The number of hydrogen-bond donors (Lipinski definition) is 0. The summed E-state index contributed by atoms with van der Waals surface area (Å²) in [5.74, 6) is -0.0891. The van der Waals surface area contributed by atoms with Crippen LogP contribution in [0.4, 0.5) is 0 Å². The minimum Gasteiger partial charge on any atom is -0.380 e. The fraction of sp³-hybridized carbons (Fsp3) is 0.889. The second-order valence-corrected chi connectivity index (χ2v) is 3.13. The topological polar surface area (TPSA) is 42.2 Å². The highest BCUT2D eigenvalue weighted by Gasteiger charge is 2.33. The normalized spacial score (nSPS) is 35.9. The van der Waals surface area contributed by atoms with Gasteiger partial charge < -0.3 is 9.47 Å². The molecule has 2 atom stereocenters. The molecule has 68 valence electrons. The molecule has 0 aromatic carbocycles. The second-order valence-electron chi connectivity index (χ2n) is 3.13. The Balaban J connectivity index is 2.60. The molecule has 1 rings (SSSR count). The van der Waals surface area contributed by atoms with Crippen LogP contribution in [0.1, 0.15) is 19.3 Å². The lowest BCUT2D eigenvalue weighted by molar-refractivity contribution is -0.0412. The lowest BCUT2D eigenvalue weighted by Crippen LogP contribution is -2.37. The van der Waals surface area contributed by atoms with E-state index in [2.05, 4.69) is 6.07 Å². The van der Waals surface area contributed by atoms with Crippen molar-refractivity contribution in [3.63, 3.8) is 0 Å². The molecule has 0 amide bonds. The lowest BCUT2D eigenvalue weighted by Gasteiger charge is -2.31. The maximum atomic E-state index is 8.88. The SMILES string of the molecule is COC1CCCC(OC)C1C#N. The first-order valence-corrected chi connectivity index (χ1v) is 4.28. The molecule has 0 saturated heterocycles. The van der Waals surface area contributed by atoms with Crippen molar-refractivity contribution in [2.45, 2.75) is 31.5 Å². The maximum absolute atomic E-state index is 8.88. The van der Waals surface area contributed by atoms with Gasteiger partial charge in [-0.15, -0.1) is 0 Å². The van der Waals surface area contributed by atoms with Crippen molar-refractivity contribution < 1.29 is 9.47 Å². The van der Waals surface area contributed by atoms with Crippen molar-refractivity contribution in [3.05, 3.63) is 0 Å². The fourth-order valence-electron chi connectivity index (χ4n) is 1.81. The highest BCUT2D eigenvalue weighted by atomic mass is 16.5. The molecule has 0 aliphatic heterocycles. The van der Waals surface area contributed by atoms with Gasteiger partial charge in [0.05, 0.1) is 24.2 Å². The molecule has 12 heavy (non-hydrogen) atoms. The largest absolute Gasteiger partial charge is 0.380 e. The summed E-state index contributed by atoms with van der Waals surface area (Å²) in [7, 11) is 3.32. The van der Waals surface area contributed by atoms with E-state index in [0.29, 0.717) is 0 Å². The standard InChI is InChI=1S/C9H15NO2/c1-11-8-4-3-5-9(12-2)7(8)6-10/h7-9H,3-5H2,1-2H3. The Hall–Kier alpha value is -0.590. The molecule has 1 saturated carbocycles. The lowest BCUT2D eigenvalue weighted by atomic mass is 9.85. The number of nitriles is 1. The quantitative estimate of drug-likeness (QED) is 0.626. The van der Waals surface area contributed by atoms with Crippen molar-refractivity contribution in [3.8, 4) is 6.07 Å². The van der Waals surface area contributed by atoms with E-state index < -0.39 is 0 Å². The van der Waals surface area contributed by atoms with Gasteiger partial charge in [0.2, 0.25) is 0 Å². The summed E-state index contributed by atoms with van der Waals surface area (Å²) >= 11 is 0. The maximum Gasteiger partial charge on any atom is 0.0986 e. The number of methoxy groups -OCH3 is 2. The zero-order valence-electron chi connectivity index (χ0n) is 7.62. The Morgan fingerprint density at radius 2 is 1.67 bits per heavy atom. The average molecular weight is 169 g/mol. The zero-order valence-corrected chi connectivity index (χ0v) is 7.62. The van der Waals surface area contributed by atoms with Gasteiger partial charge >= 0.3 is 0 Å². The summed E-state index contributed by atoms with van der Waals surface area (Å²) in [4.78, 5) is 0. The molecule has 0 heterocycles. The first-order valence-electron chi connectivity index (χ1n) is 4.28. The highest BCUT2D eigenvalue weighted by molar-refractivity contribution is 4.97. The zero-order chi connectivity index (χ0) is 8.97. The van der Waals surface area contributed by atoms with Crippen LogP contribution in [0.25, 0.3) is 0 Å². The molecule has 1 fully saturated rings. The van der Waals surface area contributed by atoms with E-state index in [0.717, 1.165) is 19.3 Å². The second kappa shape index (κ2) is 4.44. The van der Waals surface area contributed by atoms with Crippen LogP contribution in [0.15, 0.2) is 0 Å². The molecule has 0 N–H and O–H groups in total. The minimum absolute atomic E-state index is 0.0636. The predicted octanol–water partition coefficient (Wildman–Crippen LogP) is 1.34. The van der Waals surface area contributed by atoms with Gasteiger partial charge in [-0.3, -0.25) is 0 Å². The van der Waals surface area contributed by atoms with E-state index in [-0.39, 0.29) is 18.1 Å². The minimum atomic E-state index is -0.0891. The van der Waals surface area contributed by atoms with Gasteiger partial charge in [0.1, 0.15) is 0 Å². The highest BCUT2D eigenvalue weighted by Crippen LogP contribution is 2.28. The molecule has 0 spiro atoms. The van der Waals surface area contributed by atoms with Crippen molar-refractivity contribution in [2.24, 2.45) is 5.92 Å². The summed E-state index contributed by atoms with van der Waals surface area (Å²) in [6, 6.07) is 2.26. The van der Waals surface area contributed by atoms with E-state index in [1.54, 1.807) is 14.2 Å². The van der Waals surface area contributed by atoms with Crippen LogP contribution in [0.2, 0.25) is 0 Å². The molecule has 0 radical (unpaired) electrons. The summed E-state index contributed by atoms with van der Waals surface area (Å²) < 4.78 is 10.4. The van der Waals surface area contributed by atoms with Gasteiger partial charge in [-0.2, -0.15) is 5.26 Å². The molecule has 0 aromatic rings. The fourth-order valence-corrected chi connectivity index (χ4v) is 1.81. The van der Waals surface area contributed by atoms with Crippen molar-refractivity contribution in [1.82, 2.24) is 0 Å². The van der Waals surface area contributed by atoms with Crippen LogP contribution < -0.4 is 0 Å². The molecular weight excluding hydrogens is 154 g/mol. The van der Waals surface area contributed by atoms with Crippen molar-refractivity contribution in [1.29, 1.82) is 5.26 Å². The smallest absolute Gasteiger partial charge is 0.0986 e. The van der Waals surface area contributed by atoms with Crippen LogP contribution in [0.3, 0.4) is 0 Å². The molecule has 2 unspecified atom stereocenters. The third-order valence-corrected chi connectivity index (χ3v) is 2.53. The summed E-state index contributed by atoms with van der Waals surface area (Å²) in [6.07, 6.45) is 3.18. The van der Waals surface area contributed by atoms with Crippen molar-refractivity contribution in [2.75, 3.05) is 14.2 Å². The van der Waals surface area contributed by atoms with Crippen LogP contribution in [-0.2, 0) is 9.47 Å². The van der Waals surface area contributed by atoms with E-state index in [1.165, 1.54) is 0 Å². The van der Waals surface area contributed by atoms with E-state index in [1.807, 2.05) is 0 Å². The first-order chi connectivity index (χ1) is 5.83. The Bertz CT molecular complexity index is 164. The predicted molar refractivity (Wildman–Crippen MR) is 44.5 cm³/mol. The van der Waals surface area contributed by atoms with Gasteiger partial charge in [-0.1, -0.05) is 0 Å². The first kappa shape index (κ1) is 9.50. The van der Waals surface area contributed by atoms with Gasteiger partial charge in [0, 0.05) is 14.2 Å². The Morgan fingerprint density at radius 3 is 2.00 bits per heavy atom. The Labute approximate surface area is 73.3 Å². The van der Waals surface area contributed by atoms with E-state index in [9.17, 15) is 0 Å². The number of rotatable bonds is 2. The van der Waals surface area contributed by atoms with Crippen LogP contribution in [0, 0.1) is 17.2 Å². The van der Waals surface area contributed by atoms with Gasteiger partial charge in [0.15, 0.2) is 0 Å². The van der Waals surface area contributed by atoms with Gasteiger partial charge in [0.25, 0.3) is 0 Å². The van der Waals surface area contributed by atoms with Gasteiger partial charge in [-0.05, 0) is 19.3 Å². The molecule has 1 aliphatic carbocycles. The Kier molecular flexibility index (Phi) is 3.51. The Morgan fingerprint density at radius 1 is 1.17 bits per heavy atom. The molecule has 1 aliphatic rings. The van der Waals surface area contributed by atoms with Crippen LogP contribution in [0.5, 0.6) is 0 Å². The third kappa shape index (κ3) is 1.77. The molecule has 0 bridgehead atoms. The van der Waals surface area contributed by atoms with E-state index >= 15 is 0 Å². The van der Waals surface area contributed by atoms with Crippen LogP contribution in [-0.4, -0.2) is 26.4 Å². The number of nitrogens with zero attached hydrogens (tertiary/aromatic N) is 1. The monoisotopic (exact) mass is 169 g/mol. The molecule has 3 nitrogen and oxygen atoms in total. The number of hydrogen-bond acceptors (Lipinski definition) is 3.